The van der Waals surface area contributed by atoms with E-state index in [1.807, 2.05) is 0 Å². The molecule has 0 fully saturated rings. The van der Waals surface area contributed by atoms with Gasteiger partial charge >= 0.3 is 0 Å². The molecule has 0 aliphatic rings. The lowest BCUT2D eigenvalue weighted by atomic mass is 10.1. The SMILES string of the molecule is CCS(=O)(=O)C(C)(F)C(C)C. The van der Waals surface area contributed by atoms with Crippen molar-refractivity contribution in [1.29, 1.82) is 0 Å². The summed E-state index contributed by atoms with van der Waals surface area (Å²) in [5.74, 6) is -0.634. The minimum Gasteiger partial charge on any atom is -0.226 e. The van der Waals surface area contributed by atoms with Crippen molar-refractivity contribution in [2.75, 3.05) is 5.75 Å². The van der Waals surface area contributed by atoms with E-state index in [-0.39, 0.29) is 5.75 Å². The van der Waals surface area contributed by atoms with Crippen LogP contribution in [-0.2, 0) is 9.84 Å². The standard InChI is InChI=1S/C7H15FO2S/c1-5-11(9,10)7(4,8)6(2)3/h6H,5H2,1-4H3. The largest absolute Gasteiger partial charge is 0.226 e. The van der Waals surface area contributed by atoms with Crippen LogP contribution in [0, 0.1) is 5.92 Å². The van der Waals surface area contributed by atoms with Crippen LogP contribution in [0.3, 0.4) is 0 Å². The molecular formula is C7H15FO2S. The van der Waals surface area contributed by atoms with Crippen molar-refractivity contribution in [3.8, 4) is 0 Å². The van der Waals surface area contributed by atoms with Crippen molar-refractivity contribution in [3.63, 3.8) is 0 Å². The maximum Gasteiger partial charge on any atom is 0.210 e. The molecule has 0 saturated carbocycles. The highest BCUT2D eigenvalue weighted by Crippen LogP contribution is 2.28. The molecule has 0 amide bonds. The van der Waals surface area contributed by atoms with Gasteiger partial charge in [-0.2, -0.15) is 0 Å². The van der Waals surface area contributed by atoms with Gasteiger partial charge in [0.25, 0.3) is 0 Å². The van der Waals surface area contributed by atoms with E-state index in [1.54, 1.807) is 13.8 Å². The molecule has 0 aromatic rings. The molecule has 4 heteroatoms. The summed E-state index contributed by atoms with van der Waals surface area (Å²) in [7, 11) is -3.56. The van der Waals surface area contributed by atoms with Gasteiger partial charge in [0.05, 0.1) is 5.75 Å². The first-order valence-electron chi connectivity index (χ1n) is 3.67. The normalized spacial score (nSPS) is 18.4. The Morgan fingerprint density at radius 1 is 1.45 bits per heavy atom. The lowest BCUT2D eigenvalue weighted by Crippen LogP contribution is -2.36. The van der Waals surface area contributed by atoms with Crippen LogP contribution in [0.4, 0.5) is 4.39 Å². The number of sulfone groups is 1. The summed E-state index contributed by atoms with van der Waals surface area (Å²) in [6, 6.07) is 0. The van der Waals surface area contributed by atoms with Gasteiger partial charge in [-0.05, 0) is 6.92 Å². The van der Waals surface area contributed by atoms with E-state index in [9.17, 15) is 12.8 Å². The second kappa shape index (κ2) is 3.09. The Balaban J connectivity index is 4.85. The molecule has 0 N–H and O–H groups in total. The van der Waals surface area contributed by atoms with Crippen molar-refractivity contribution in [2.45, 2.75) is 32.7 Å². The highest BCUT2D eigenvalue weighted by atomic mass is 32.2. The minimum absolute atomic E-state index is 0.141. The molecule has 0 aromatic carbocycles. The highest BCUT2D eigenvalue weighted by Gasteiger charge is 2.40. The fraction of sp³-hybridized carbons (Fsp3) is 1.00. The van der Waals surface area contributed by atoms with Gasteiger partial charge in [0.15, 0.2) is 9.84 Å². The summed E-state index contributed by atoms with van der Waals surface area (Å²) >= 11 is 0. The van der Waals surface area contributed by atoms with Crippen molar-refractivity contribution >= 4 is 9.84 Å². The first kappa shape index (κ1) is 10.9. The van der Waals surface area contributed by atoms with Gasteiger partial charge < -0.3 is 0 Å². The van der Waals surface area contributed by atoms with E-state index in [0.29, 0.717) is 0 Å². The maximum absolute atomic E-state index is 13.4. The van der Waals surface area contributed by atoms with Gasteiger partial charge in [0, 0.05) is 5.92 Å². The Kier molecular flexibility index (Phi) is 3.06. The van der Waals surface area contributed by atoms with Gasteiger partial charge in [-0.3, -0.25) is 0 Å². The lowest BCUT2D eigenvalue weighted by Gasteiger charge is -2.23. The van der Waals surface area contributed by atoms with E-state index in [2.05, 4.69) is 0 Å². The number of halogens is 1. The van der Waals surface area contributed by atoms with Gasteiger partial charge in [-0.25, -0.2) is 12.8 Å². The zero-order valence-electron chi connectivity index (χ0n) is 7.39. The summed E-state index contributed by atoms with van der Waals surface area (Å²) in [5, 5.41) is -2.08. The van der Waals surface area contributed by atoms with Crippen LogP contribution < -0.4 is 0 Å². The summed E-state index contributed by atoms with van der Waals surface area (Å²) in [6.45, 7) is 5.70. The molecule has 0 aliphatic carbocycles. The Morgan fingerprint density at radius 2 is 1.82 bits per heavy atom. The maximum atomic E-state index is 13.4. The van der Waals surface area contributed by atoms with Crippen LogP contribution in [0.25, 0.3) is 0 Å². The van der Waals surface area contributed by atoms with Crippen LogP contribution in [0.5, 0.6) is 0 Å². The number of alkyl halides is 1. The van der Waals surface area contributed by atoms with E-state index in [1.165, 1.54) is 6.92 Å². The van der Waals surface area contributed by atoms with Gasteiger partial charge in [-0.15, -0.1) is 0 Å². The van der Waals surface area contributed by atoms with Crippen LogP contribution in [0.1, 0.15) is 27.7 Å². The van der Waals surface area contributed by atoms with E-state index < -0.39 is 20.8 Å². The molecule has 2 nitrogen and oxygen atoms in total. The third-order valence-electron chi connectivity index (χ3n) is 2.02. The molecule has 0 saturated heterocycles. The van der Waals surface area contributed by atoms with E-state index in [0.717, 1.165) is 6.92 Å². The zero-order chi connectivity index (χ0) is 9.28. The zero-order valence-corrected chi connectivity index (χ0v) is 8.20. The number of hydrogen-bond donors (Lipinski definition) is 0. The third kappa shape index (κ3) is 1.92. The Labute approximate surface area is 67.7 Å². The topological polar surface area (TPSA) is 34.1 Å². The average molecular weight is 182 g/mol. The smallest absolute Gasteiger partial charge is 0.210 e. The summed E-state index contributed by atoms with van der Waals surface area (Å²) in [5.41, 5.74) is 0. The van der Waals surface area contributed by atoms with E-state index >= 15 is 0 Å². The Bertz CT molecular complexity index is 217. The summed E-state index contributed by atoms with van der Waals surface area (Å²) < 4.78 is 35.6. The highest BCUT2D eigenvalue weighted by molar-refractivity contribution is 7.92. The van der Waals surface area contributed by atoms with Gasteiger partial charge in [0.1, 0.15) is 0 Å². The van der Waals surface area contributed by atoms with Gasteiger partial charge in [-0.1, -0.05) is 20.8 Å². The molecule has 0 aliphatic heterocycles. The molecule has 0 rings (SSSR count). The molecule has 0 spiro atoms. The molecule has 11 heavy (non-hydrogen) atoms. The van der Waals surface area contributed by atoms with Crippen molar-refractivity contribution in [1.82, 2.24) is 0 Å². The fourth-order valence-corrected chi connectivity index (χ4v) is 1.92. The Hall–Kier alpha value is -0.120. The fourth-order valence-electron chi connectivity index (χ4n) is 0.641. The quantitative estimate of drug-likeness (QED) is 0.666. The molecule has 0 bridgehead atoms. The van der Waals surface area contributed by atoms with Crippen LogP contribution in [-0.4, -0.2) is 19.2 Å². The van der Waals surface area contributed by atoms with Crippen molar-refractivity contribution < 1.29 is 12.8 Å². The molecule has 1 atom stereocenters. The molecule has 0 aromatic heterocycles. The minimum atomic E-state index is -3.56. The molecular weight excluding hydrogens is 167 g/mol. The molecule has 0 heterocycles. The first-order valence-corrected chi connectivity index (χ1v) is 5.32. The first-order chi connectivity index (χ1) is 4.75. The third-order valence-corrected chi connectivity index (χ3v) is 4.47. The predicted molar refractivity (Wildman–Crippen MR) is 43.8 cm³/mol. The lowest BCUT2D eigenvalue weighted by molar-refractivity contribution is 0.219. The van der Waals surface area contributed by atoms with Crippen LogP contribution >= 0.6 is 0 Å². The monoisotopic (exact) mass is 182 g/mol. The van der Waals surface area contributed by atoms with Crippen LogP contribution in [0.2, 0.25) is 0 Å². The van der Waals surface area contributed by atoms with Crippen molar-refractivity contribution in [2.24, 2.45) is 5.92 Å². The number of hydrogen-bond acceptors (Lipinski definition) is 2. The van der Waals surface area contributed by atoms with Crippen molar-refractivity contribution in [3.05, 3.63) is 0 Å². The number of rotatable bonds is 3. The molecule has 1 unspecified atom stereocenters. The Morgan fingerprint density at radius 3 is 1.91 bits per heavy atom. The predicted octanol–water partition coefficient (Wildman–Crippen LogP) is 1.76. The average Bonchev–Trinajstić information content (AvgIpc) is 1.87. The molecule has 0 radical (unpaired) electrons. The second-order valence-corrected chi connectivity index (χ2v) is 5.65. The van der Waals surface area contributed by atoms with Crippen LogP contribution in [0.15, 0.2) is 0 Å². The van der Waals surface area contributed by atoms with E-state index in [4.69, 9.17) is 0 Å². The summed E-state index contributed by atoms with van der Waals surface area (Å²) in [4.78, 5) is 0. The van der Waals surface area contributed by atoms with Gasteiger partial charge in [0.2, 0.25) is 5.00 Å². The molecule has 68 valence electrons. The second-order valence-electron chi connectivity index (χ2n) is 3.04. The summed E-state index contributed by atoms with van der Waals surface area (Å²) in [6.07, 6.45) is 0.